The summed E-state index contributed by atoms with van der Waals surface area (Å²) in [6.07, 6.45) is -5.24. The van der Waals surface area contributed by atoms with Crippen LogP contribution in [0.2, 0.25) is 5.02 Å². The quantitative estimate of drug-likeness (QED) is 0.709. The number of sulfonamides is 1. The van der Waals surface area contributed by atoms with E-state index in [9.17, 15) is 26.4 Å². The number of amides is 1. The Morgan fingerprint density at radius 1 is 1.13 bits per heavy atom. The number of alkyl halides is 3. The molecule has 0 aromatic heterocycles. The van der Waals surface area contributed by atoms with E-state index in [0.29, 0.717) is 0 Å². The standard InChI is InChI=1S/C20H20ClF3N2O4S/c1-12-10-26(11-13(2)30-12)31(28,29)16-5-3-4-14(8-16)19(27)25-15-6-7-18(21)17(9-15)20(22,23)24/h3-9,12-13H,10-11H2,1-2H3,(H,25,27)/t12-,13-/m1/s1. The molecule has 0 bridgehead atoms. The molecular weight excluding hydrogens is 457 g/mol. The maximum absolute atomic E-state index is 13.0. The molecule has 1 aliphatic rings. The number of carbonyl (C=O) groups excluding carboxylic acids is 1. The summed E-state index contributed by atoms with van der Waals surface area (Å²) in [5.74, 6) is -0.754. The van der Waals surface area contributed by atoms with E-state index in [1.54, 1.807) is 13.8 Å². The molecular formula is C20H20ClF3N2O4S. The van der Waals surface area contributed by atoms with Crippen molar-refractivity contribution in [2.24, 2.45) is 0 Å². The number of morpholine rings is 1. The van der Waals surface area contributed by atoms with Gasteiger partial charge in [-0.2, -0.15) is 17.5 Å². The SMILES string of the molecule is C[C@@H]1CN(S(=O)(=O)c2cccc(C(=O)Nc3ccc(Cl)c(C(F)(F)F)c3)c2)C[C@@H](C)O1. The van der Waals surface area contributed by atoms with E-state index >= 15 is 0 Å². The second-order valence-corrected chi connectivity index (χ2v) is 9.60. The normalized spacial score (nSPS) is 20.5. The second-order valence-electron chi connectivity index (χ2n) is 7.25. The summed E-state index contributed by atoms with van der Waals surface area (Å²) in [4.78, 5) is 12.5. The number of rotatable bonds is 4. The number of carbonyl (C=O) groups is 1. The molecule has 0 radical (unpaired) electrons. The molecule has 6 nitrogen and oxygen atoms in total. The molecule has 2 aromatic rings. The topological polar surface area (TPSA) is 75.7 Å². The highest BCUT2D eigenvalue weighted by molar-refractivity contribution is 7.89. The minimum absolute atomic E-state index is 0.0149. The Labute approximate surface area is 183 Å². The Bertz CT molecular complexity index is 1080. The fraction of sp³-hybridized carbons (Fsp3) is 0.350. The van der Waals surface area contributed by atoms with Gasteiger partial charge in [0.1, 0.15) is 0 Å². The fourth-order valence-corrected chi connectivity index (χ4v) is 5.16. The summed E-state index contributed by atoms with van der Waals surface area (Å²) in [7, 11) is -3.88. The van der Waals surface area contributed by atoms with Crippen molar-refractivity contribution in [1.29, 1.82) is 0 Å². The smallest absolute Gasteiger partial charge is 0.373 e. The molecule has 1 heterocycles. The molecule has 0 aliphatic carbocycles. The molecule has 168 valence electrons. The minimum atomic E-state index is -4.68. The van der Waals surface area contributed by atoms with E-state index in [-0.39, 0.29) is 41.4 Å². The number of ether oxygens (including phenoxy) is 1. The Morgan fingerprint density at radius 2 is 1.77 bits per heavy atom. The molecule has 2 atom stereocenters. The zero-order valence-corrected chi connectivity index (χ0v) is 18.2. The molecule has 1 saturated heterocycles. The first-order chi connectivity index (χ1) is 14.4. The maximum atomic E-state index is 13.0. The van der Waals surface area contributed by atoms with Crippen LogP contribution >= 0.6 is 11.6 Å². The predicted molar refractivity (Wildman–Crippen MR) is 110 cm³/mol. The van der Waals surface area contributed by atoms with Crippen molar-refractivity contribution in [3.8, 4) is 0 Å². The number of benzene rings is 2. The molecule has 1 amide bonds. The van der Waals surface area contributed by atoms with Crippen LogP contribution in [0.4, 0.5) is 18.9 Å². The molecule has 2 aromatic carbocycles. The lowest BCUT2D eigenvalue weighted by Gasteiger charge is -2.34. The minimum Gasteiger partial charge on any atom is -0.373 e. The van der Waals surface area contributed by atoms with Crippen molar-refractivity contribution >= 4 is 33.2 Å². The summed E-state index contributed by atoms with van der Waals surface area (Å²) < 4.78 is 71.9. The van der Waals surface area contributed by atoms with Crippen LogP contribution in [-0.4, -0.2) is 43.9 Å². The monoisotopic (exact) mass is 476 g/mol. The Hall–Kier alpha value is -2.14. The highest BCUT2D eigenvalue weighted by Gasteiger charge is 2.34. The molecule has 0 saturated carbocycles. The van der Waals surface area contributed by atoms with Gasteiger partial charge in [0.15, 0.2) is 0 Å². The average Bonchev–Trinajstić information content (AvgIpc) is 2.68. The lowest BCUT2D eigenvalue weighted by atomic mass is 10.1. The molecule has 3 rings (SSSR count). The lowest BCUT2D eigenvalue weighted by Crippen LogP contribution is -2.48. The molecule has 1 fully saturated rings. The first-order valence-electron chi connectivity index (χ1n) is 9.31. The summed E-state index contributed by atoms with van der Waals surface area (Å²) in [6.45, 7) is 3.88. The number of nitrogens with zero attached hydrogens (tertiary/aromatic N) is 1. The van der Waals surface area contributed by atoms with E-state index in [1.807, 2.05) is 0 Å². The predicted octanol–water partition coefficient (Wildman–Crippen LogP) is 4.41. The third-order valence-electron chi connectivity index (χ3n) is 4.65. The highest BCUT2D eigenvalue weighted by atomic mass is 35.5. The van der Waals surface area contributed by atoms with Gasteiger partial charge >= 0.3 is 6.18 Å². The summed E-state index contributed by atoms with van der Waals surface area (Å²) in [5.41, 5.74) is -1.22. The molecule has 31 heavy (non-hydrogen) atoms. The van der Waals surface area contributed by atoms with Crippen molar-refractivity contribution in [1.82, 2.24) is 4.31 Å². The van der Waals surface area contributed by atoms with Crippen molar-refractivity contribution in [3.63, 3.8) is 0 Å². The number of halogens is 4. The number of hydrogen-bond donors (Lipinski definition) is 1. The van der Waals surface area contributed by atoms with Gasteiger partial charge in [-0.25, -0.2) is 8.42 Å². The number of anilines is 1. The summed E-state index contributed by atoms with van der Waals surface area (Å²) >= 11 is 5.59. The van der Waals surface area contributed by atoms with Gasteiger partial charge in [0.2, 0.25) is 10.0 Å². The van der Waals surface area contributed by atoms with E-state index < -0.39 is 32.7 Å². The van der Waals surface area contributed by atoms with Gasteiger partial charge in [0, 0.05) is 24.3 Å². The Morgan fingerprint density at radius 3 is 2.39 bits per heavy atom. The number of hydrogen-bond acceptors (Lipinski definition) is 4. The van der Waals surface area contributed by atoms with Crippen LogP contribution in [0.3, 0.4) is 0 Å². The molecule has 1 N–H and O–H groups in total. The molecule has 0 spiro atoms. The van der Waals surface area contributed by atoms with E-state index in [2.05, 4.69) is 5.32 Å². The zero-order chi connectivity index (χ0) is 23.0. The van der Waals surface area contributed by atoms with Crippen LogP contribution in [0.1, 0.15) is 29.8 Å². The van der Waals surface area contributed by atoms with Crippen LogP contribution in [0.5, 0.6) is 0 Å². The van der Waals surface area contributed by atoms with Gasteiger partial charge in [-0.3, -0.25) is 4.79 Å². The van der Waals surface area contributed by atoms with Crippen LogP contribution in [0.15, 0.2) is 47.4 Å². The maximum Gasteiger partial charge on any atom is 0.417 e. The number of nitrogens with one attached hydrogen (secondary N) is 1. The molecule has 1 aliphatic heterocycles. The summed E-state index contributed by atoms with van der Waals surface area (Å²) in [6, 6.07) is 8.31. The Balaban J connectivity index is 1.84. The van der Waals surface area contributed by atoms with Gasteiger partial charge < -0.3 is 10.1 Å². The van der Waals surface area contributed by atoms with Crippen LogP contribution < -0.4 is 5.32 Å². The molecule has 0 unspecified atom stereocenters. The first-order valence-corrected chi connectivity index (χ1v) is 11.1. The second kappa shape index (κ2) is 8.78. The third-order valence-corrected chi connectivity index (χ3v) is 6.81. The van der Waals surface area contributed by atoms with Crippen LogP contribution in [-0.2, 0) is 20.9 Å². The zero-order valence-electron chi connectivity index (χ0n) is 16.6. The van der Waals surface area contributed by atoms with Crippen molar-refractivity contribution in [2.45, 2.75) is 37.1 Å². The van der Waals surface area contributed by atoms with Gasteiger partial charge in [-0.1, -0.05) is 17.7 Å². The van der Waals surface area contributed by atoms with E-state index in [0.717, 1.165) is 12.1 Å². The van der Waals surface area contributed by atoms with Gasteiger partial charge in [0.25, 0.3) is 5.91 Å². The van der Waals surface area contributed by atoms with E-state index in [4.69, 9.17) is 16.3 Å². The van der Waals surface area contributed by atoms with Gasteiger partial charge in [-0.15, -0.1) is 0 Å². The van der Waals surface area contributed by atoms with Crippen LogP contribution in [0.25, 0.3) is 0 Å². The third kappa shape index (κ3) is 5.38. The summed E-state index contributed by atoms with van der Waals surface area (Å²) in [5, 5.41) is 1.85. The van der Waals surface area contributed by atoms with Gasteiger partial charge in [-0.05, 0) is 50.2 Å². The fourth-order valence-electron chi connectivity index (χ4n) is 3.30. The average molecular weight is 477 g/mol. The Kier molecular flexibility index (Phi) is 6.66. The van der Waals surface area contributed by atoms with Crippen molar-refractivity contribution in [2.75, 3.05) is 18.4 Å². The van der Waals surface area contributed by atoms with Crippen molar-refractivity contribution in [3.05, 3.63) is 58.6 Å². The van der Waals surface area contributed by atoms with Crippen LogP contribution in [0, 0.1) is 0 Å². The van der Waals surface area contributed by atoms with Gasteiger partial charge in [0.05, 0.1) is 27.7 Å². The van der Waals surface area contributed by atoms with Crippen molar-refractivity contribution < 1.29 is 31.1 Å². The largest absolute Gasteiger partial charge is 0.417 e. The lowest BCUT2D eigenvalue weighted by molar-refractivity contribution is -0.137. The highest BCUT2D eigenvalue weighted by Crippen LogP contribution is 2.36. The van der Waals surface area contributed by atoms with E-state index in [1.165, 1.54) is 34.6 Å². The first kappa shape index (κ1) is 23.5. The molecule has 11 heteroatoms.